The zero-order valence-corrected chi connectivity index (χ0v) is 13.4. The molecule has 1 aliphatic carbocycles. The topological polar surface area (TPSA) is 50.4 Å². The summed E-state index contributed by atoms with van der Waals surface area (Å²) >= 11 is 0. The van der Waals surface area contributed by atoms with Gasteiger partial charge in [0.2, 0.25) is 5.91 Å². The normalized spacial score (nSPS) is 31.4. The van der Waals surface area contributed by atoms with Crippen molar-refractivity contribution in [2.24, 2.45) is 10.8 Å². The summed E-state index contributed by atoms with van der Waals surface area (Å²) in [5.74, 6) is 0.259. The minimum Gasteiger partial charge on any atom is -0.378 e. The summed E-state index contributed by atoms with van der Waals surface area (Å²) in [5, 5.41) is 6.66. The van der Waals surface area contributed by atoms with Gasteiger partial charge in [-0.2, -0.15) is 0 Å². The zero-order valence-electron chi connectivity index (χ0n) is 13.4. The van der Waals surface area contributed by atoms with Crippen LogP contribution in [0.5, 0.6) is 0 Å². The molecular formula is C16H30N2O2. The van der Waals surface area contributed by atoms with Crippen molar-refractivity contribution in [3.8, 4) is 0 Å². The van der Waals surface area contributed by atoms with Gasteiger partial charge < -0.3 is 15.4 Å². The Morgan fingerprint density at radius 2 is 1.95 bits per heavy atom. The van der Waals surface area contributed by atoms with Gasteiger partial charge in [0.05, 0.1) is 11.5 Å². The van der Waals surface area contributed by atoms with Crippen molar-refractivity contribution in [1.29, 1.82) is 0 Å². The van der Waals surface area contributed by atoms with E-state index in [1.807, 2.05) is 6.92 Å². The van der Waals surface area contributed by atoms with Crippen molar-refractivity contribution in [3.63, 3.8) is 0 Å². The summed E-state index contributed by atoms with van der Waals surface area (Å²) < 4.78 is 5.74. The first-order valence-electron chi connectivity index (χ1n) is 8.09. The van der Waals surface area contributed by atoms with Gasteiger partial charge in [-0.05, 0) is 45.7 Å². The van der Waals surface area contributed by atoms with Crippen molar-refractivity contribution >= 4 is 5.91 Å². The van der Waals surface area contributed by atoms with E-state index in [1.54, 1.807) is 0 Å². The molecule has 0 spiro atoms. The lowest BCUT2D eigenvalue weighted by Gasteiger charge is -2.52. The van der Waals surface area contributed by atoms with Crippen molar-refractivity contribution in [2.45, 2.75) is 65.5 Å². The maximum absolute atomic E-state index is 12.7. The van der Waals surface area contributed by atoms with Crippen molar-refractivity contribution in [1.82, 2.24) is 10.6 Å². The van der Waals surface area contributed by atoms with Gasteiger partial charge in [0, 0.05) is 18.1 Å². The fraction of sp³-hybridized carbons (Fsp3) is 0.938. The highest BCUT2D eigenvalue weighted by molar-refractivity contribution is 5.83. The van der Waals surface area contributed by atoms with Gasteiger partial charge in [-0.1, -0.05) is 20.8 Å². The fourth-order valence-electron chi connectivity index (χ4n) is 3.57. The highest BCUT2D eigenvalue weighted by Gasteiger charge is 2.51. The second-order valence-corrected chi connectivity index (χ2v) is 6.91. The number of hydrogen-bond acceptors (Lipinski definition) is 3. The quantitative estimate of drug-likeness (QED) is 0.812. The summed E-state index contributed by atoms with van der Waals surface area (Å²) in [5.41, 5.74) is -0.106. The first-order valence-corrected chi connectivity index (χ1v) is 8.09. The minimum absolute atomic E-state index is 0.0491. The summed E-state index contributed by atoms with van der Waals surface area (Å²) in [7, 11) is 0. The van der Waals surface area contributed by atoms with Crippen LogP contribution in [0.1, 0.15) is 53.4 Å². The number of ether oxygens (including phenoxy) is 1. The maximum atomic E-state index is 12.7. The molecule has 1 aliphatic heterocycles. The molecule has 2 rings (SSSR count). The molecule has 20 heavy (non-hydrogen) atoms. The van der Waals surface area contributed by atoms with Gasteiger partial charge in [-0.25, -0.2) is 0 Å². The number of hydrogen-bond donors (Lipinski definition) is 2. The SMILES string of the molecule is CCOC1CC(NC(=O)C2(CC)CCNCC2)C1(C)C. The Hall–Kier alpha value is -0.610. The first-order chi connectivity index (χ1) is 9.46. The second kappa shape index (κ2) is 6.02. The van der Waals surface area contributed by atoms with Crippen molar-refractivity contribution in [2.75, 3.05) is 19.7 Å². The maximum Gasteiger partial charge on any atom is 0.226 e. The zero-order chi connectivity index (χ0) is 14.8. The van der Waals surface area contributed by atoms with E-state index < -0.39 is 0 Å². The number of carbonyl (C=O) groups excluding carboxylic acids is 1. The third kappa shape index (κ3) is 2.73. The molecule has 0 aromatic carbocycles. The molecule has 1 saturated heterocycles. The van der Waals surface area contributed by atoms with E-state index in [-0.39, 0.29) is 28.9 Å². The van der Waals surface area contributed by atoms with Gasteiger partial charge in [0.1, 0.15) is 0 Å². The molecule has 2 N–H and O–H groups in total. The van der Waals surface area contributed by atoms with Crippen LogP contribution in [0.4, 0.5) is 0 Å². The van der Waals surface area contributed by atoms with E-state index in [0.29, 0.717) is 0 Å². The van der Waals surface area contributed by atoms with Gasteiger partial charge in [-0.15, -0.1) is 0 Å². The molecule has 4 heteroatoms. The fourth-order valence-corrected chi connectivity index (χ4v) is 3.57. The Morgan fingerprint density at radius 3 is 2.45 bits per heavy atom. The van der Waals surface area contributed by atoms with Gasteiger partial charge in [0.15, 0.2) is 0 Å². The van der Waals surface area contributed by atoms with Crippen LogP contribution in [-0.2, 0) is 9.53 Å². The van der Waals surface area contributed by atoms with Crippen LogP contribution >= 0.6 is 0 Å². The Morgan fingerprint density at radius 1 is 1.30 bits per heavy atom. The number of carbonyl (C=O) groups is 1. The Labute approximate surface area is 123 Å². The van der Waals surface area contributed by atoms with Crippen LogP contribution in [-0.4, -0.2) is 37.7 Å². The predicted octanol–water partition coefficient (Wildman–Crippen LogP) is 2.09. The molecule has 2 atom stereocenters. The standard InChI is InChI=1S/C16H30N2O2/c1-5-16(7-9-17-10-8-16)14(19)18-12-11-13(20-6-2)15(12,3)4/h12-13,17H,5-11H2,1-4H3,(H,18,19). The lowest BCUT2D eigenvalue weighted by Crippen LogP contribution is -2.64. The molecule has 116 valence electrons. The van der Waals surface area contributed by atoms with E-state index in [1.165, 1.54) is 0 Å². The summed E-state index contributed by atoms with van der Waals surface area (Å²) in [6.45, 7) is 11.2. The van der Waals surface area contributed by atoms with E-state index in [4.69, 9.17) is 4.74 Å². The van der Waals surface area contributed by atoms with E-state index >= 15 is 0 Å². The van der Waals surface area contributed by atoms with Crippen LogP contribution in [0.25, 0.3) is 0 Å². The molecule has 0 bridgehead atoms. The van der Waals surface area contributed by atoms with Gasteiger partial charge in [0.25, 0.3) is 0 Å². The van der Waals surface area contributed by atoms with E-state index in [2.05, 4.69) is 31.4 Å². The number of amides is 1. The summed E-state index contributed by atoms with van der Waals surface area (Å²) in [6.07, 6.45) is 4.07. The largest absolute Gasteiger partial charge is 0.378 e. The van der Waals surface area contributed by atoms with Crippen molar-refractivity contribution < 1.29 is 9.53 Å². The third-order valence-electron chi connectivity index (χ3n) is 5.57. The lowest BCUT2D eigenvalue weighted by atomic mass is 9.64. The molecule has 2 aliphatic rings. The molecule has 1 heterocycles. The molecule has 2 unspecified atom stereocenters. The molecule has 0 radical (unpaired) electrons. The lowest BCUT2D eigenvalue weighted by molar-refractivity contribution is -0.146. The minimum atomic E-state index is -0.155. The van der Waals surface area contributed by atoms with Crippen LogP contribution < -0.4 is 10.6 Å². The highest BCUT2D eigenvalue weighted by Crippen LogP contribution is 2.43. The Bertz CT molecular complexity index is 348. The number of rotatable bonds is 5. The summed E-state index contributed by atoms with van der Waals surface area (Å²) in [6, 6.07) is 0.255. The molecule has 2 fully saturated rings. The van der Waals surface area contributed by atoms with Crippen molar-refractivity contribution in [3.05, 3.63) is 0 Å². The van der Waals surface area contributed by atoms with E-state index in [9.17, 15) is 4.79 Å². The third-order valence-corrected chi connectivity index (χ3v) is 5.57. The predicted molar refractivity (Wildman–Crippen MR) is 80.6 cm³/mol. The van der Waals surface area contributed by atoms with E-state index in [0.717, 1.165) is 45.4 Å². The van der Waals surface area contributed by atoms with Gasteiger partial charge >= 0.3 is 0 Å². The number of piperidine rings is 1. The molecule has 4 nitrogen and oxygen atoms in total. The van der Waals surface area contributed by atoms with Crippen LogP contribution in [0.2, 0.25) is 0 Å². The van der Waals surface area contributed by atoms with Crippen LogP contribution in [0, 0.1) is 10.8 Å². The second-order valence-electron chi connectivity index (χ2n) is 6.91. The Balaban J connectivity index is 1.95. The molecule has 1 saturated carbocycles. The Kier molecular flexibility index (Phi) is 4.75. The summed E-state index contributed by atoms with van der Waals surface area (Å²) in [4.78, 5) is 12.7. The van der Waals surface area contributed by atoms with Crippen LogP contribution in [0.3, 0.4) is 0 Å². The molecule has 0 aromatic rings. The first kappa shape index (κ1) is 15.8. The van der Waals surface area contributed by atoms with Crippen LogP contribution in [0.15, 0.2) is 0 Å². The molecule has 0 aromatic heterocycles. The monoisotopic (exact) mass is 282 g/mol. The smallest absolute Gasteiger partial charge is 0.226 e. The molecular weight excluding hydrogens is 252 g/mol. The number of nitrogens with one attached hydrogen (secondary N) is 2. The van der Waals surface area contributed by atoms with Gasteiger partial charge in [-0.3, -0.25) is 4.79 Å². The average Bonchev–Trinajstić information content (AvgIpc) is 2.46. The molecule has 1 amide bonds. The average molecular weight is 282 g/mol. The highest BCUT2D eigenvalue weighted by atomic mass is 16.5.